The summed E-state index contributed by atoms with van der Waals surface area (Å²) in [6, 6.07) is 7.32. The molecule has 1 heterocycles. The van der Waals surface area contributed by atoms with Gasteiger partial charge in [-0.05, 0) is 17.7 Å². The van der Waals surface area contributed by atoms with Crippen molar-refractivity contribution in [3.8, 4) is 5.75 Å². The minimum absolute atomic E-state index is 0.0418. The zero-order valence-electron chi connectivity index (χ0n) is 11.2. The number of carbonyl (C=O) groups is 1. The van der Waals surface area contributed by atoms with E-state index < -0.39 is 0 Å². The second kappa shape index (κ2) is 6.67. The highest BCUT2D eigenvalue weighted by atomic mass is 16.5. The second-order valence-electron chi connectivity index (χ2n) is 4.27. The third-order valence-electron chi connectivity index (χ3n) is 2.78. The topological polar surface area (TPSA) is 95.1 Å². The van der Waals surface area contributed by atoms with Crippen molar-refractivity contribution in [2.24, 2.45) is 12.8 Å². The standard InChI is InChI=1S/C13H17N5O2/c1-18-9-16-17-12(18)7-15-13(19)8-20-11-4-2-10(6-14)3-5-11/h2-5,9H,6-8,14H2,1H3,(H,15,19). The highest BCUT2D eigenvalue weighted by Gasteiger charge is 2.05. The van der Waals surface area contributed by atoms with Crippen molar-refractivity contribution in [1.82, 2.24) is 20.1 Å². The number of nitrogens with one attached hydrogen (secondary N) is 1. The van der Waals surface area contributed by atoms with Gasteiger partial charge in [0.05, 0.1) is 6.54 Å². The number of amides is 1. The smallest absolute Gasteiger partial charge is 0.258 e. The molecule has 0 fully saturated rings. The summed E-state index contributed by atoms with van der Waals surface area (Å²) < 4.78 is 7.11. The monoisotopic (exact) mass is 275 g/mol. The van der Waals surface area contributed by atoms with Crippen LogP contribution in [-0.2, 0) is 24.9 Å². The van der Waals surface area contributed by atoms with E-state index in [9.17, 15) is 4.79 Å². The third kappa shape index (κ3) is 3.79. The Labute approximate surface area is 116 Å². The molecule has 0 aliphatic rings. The molecule has 1 aromatic carbocycles. The fourth-order valence-corrected chi connectivity index (χ4v) is 1.57. The Morgan fingerprint density at radius 3 is 2.75 bits per heavy atom. The van der Waals surface area contributed by atoms with Gasteiger partial charge in [-0.1, -0.05) is 12.1 Å². The summed E-state index contributed by atoms with van der Waals surface area (Å²) in [5.41, 5.74) is 6.52. The summed E-state index contributed by atoms with van der Waals surface area (Å²) in [5, 5.41) is 10.3. The molecule has 1 amide bonds. The molecule has 7 nitrogen and oxygen atoms in total. The summed E-state index contributed by atoms with van der Waals surface area (Å²) in [4.78, 5) is 11.6. The Morgan fingerprint density at radius 2 is 2.15 bits per heavy atom. The largest absolute Gasteiger partial charge is 0.484 e. The maximum Gasteiger partial charge on any atom is 0.258 e. The fourth-order valence-electron chi connectivity index (χ4n) is 1.57. The minimum Gasteiger partial charge on any atom is -0.484 e. The number of hydrogen-bond donors (Lipinski definition) is 2. The zero-order valence-corrected chi connectivity index (χ0v) is 11.2. The quantitative estimate of drug-likeness (QED) is 0.772. The summed E-state index contributed by atoms with van der Waals surface area (Å²) in [6.07, 6.45) is 1.58. The van der Waals surface area contributed by atoms with Crippen molar-refractivity contribution in [3.63, 3.8) is 0 Å². The zero-order chi connectivity index (χ0) is 14.4. The number of nitrogens with two attached hydrogens (primary N) is 1. The molecule has 0 bridgehead atoms. The summed E-state index contributed by atoms with van der Waals surface area (Å²) in [6.45, 7) is 0.767. The number of hydrogen-bond acceptors (Lipinski definition) is 5. The van der Waals surface area contributed by atoms with Crippen LogP contribution in [0.2, 0.25) is 0 Å². The SMILES string of the molecule is Cn1cnnc1CNC(=O)COc1ccc(CN)cc1. The van der Waals surface area contributed by atoms with Gasteiger partial charge in [0.15, 0.2) is 12.4 Å². The third-order valence-corrected chi connectivity index (χ3v) is 2.78. The van der Waals surface area contributed by atoms with Crippen LogP contribution in [0.15, 0.2) is 30.6 Å². The highest BCUT2D eigenvalue weighted by molar-refractivity contribution is 5.77. The number of rotatable bonds is 6. The lowest BCUT2D eigenvalue weighted by Gasteiger charge is -2.07. The van der Waals surface area contributed by atoms with E-state index in [1.165, 1.54) is 0 Å². The van der Waals surface area contributed by atoms with Crippen molar-refractivity contribution < 1.29 is 9.53 Å². The number of nitrogens with zero attached hydrogens (tertiary/aromatic N) is 3. The number of aromatic nitrogens is 3. The molecule has 0 unspecified atom stereocenters. The molecule has 7 heteroatoms. The van der Waals surface area contributed by atoms with Crippen LogP contribution in [0.25, 0.3) is 0 Å². The van der Waals surface area contributed by atoms with Gasteiger partial charge in [-0.2, -0.15) is 0 Å². The van der Waals surface area contributed by atoms with Crippen LogP contribution in [0.1, 0.15) is 11.4 Å². The fraction of sp³-hybridized carbons (Fsp3) is 0.308. The molecular formula is C13H17N5O2. The molecule has 2 aromatic rings. The van der Waals surface area contributed by atoms with Gasteiger partial charge in [-0.25, -0.2) is 0 Å². The first-order valence-electron chi connectivity index (χ1n) is 6.20. The predicted molar refractivity (Wildman–Crippen MR) is 72.7 cm³/mol. The summed E-state index contributed by atoms with van der Waals surface area (Å²) >= 11 is 0. The van der Waals surface area contributed by atoms with E-state index in [-0.39, 0.29) is 12.5 Å². The molecular weight excluding hydrogens is 258 g/mol. The van der Waals surface area contributed by atoms with Crippen LogP contribution in [0.3, 0.4) is 0 Å². The van der Waals surface area contributed by atoms with Crippen molar-refractivity contribution in [2.75, 3.05) is 6.61 Å². The van der Waals surface area contributed by atoms with E-state index in [1.54, 1.807) is 23.0 Å². The molecule has 0 spiro atoms. The molecule has 2 rings (SSSR count). The average molecular weight is 275 g/mol. The molecule has 20 heavy (non-hydrogen) atoms. The van der Waals surface area contributed by atoms with Gasteiger partial charge in [-0.3, -0.25) is 4.79 Å². The molecule has 0 saturated heterocycles. The Balaban J connectivity index is 1.75. The Kier molecular flexibility index (Phi) is 4.67. The van der Waals surface area contributed by atoms with Gasteiger partial charge in [0.1, 0.15) is 12.1 Å². The van der Waals surface area contributed by atoms with E-state index in [0.717, 1.165) is 5.56 Å². The van der Waals surface area contributed by atoms with Crippen molar-refractivity contribution in [1.29, 1.82) is 0 Å². The average Bonchev–Trinajstić information content (AvgIpc) is 2.89. The number of aryl methyl sites for hydroxylation is 1. The van der Waals surface area contributed by atoms with E-state index in [2.05, 4.69) is 15.5 Å². The van der Waals surface area contributed by atoms with E-state index in [0.29, 0.717) is 24.7 Å². The molecule has 1 aromatic heterocycles. The Hall–Kier alpha value is -2.41. The van der Waals surface area contributed by atoms with Crippen LogP contribution >= 0.6 is 0 Å². The van der Waals surface area contributed by atoms with Crippen LogP contribution in [0.5, 0.6) is 5.75 Å². The molecule has 0 radical (unpaired) electrons. The van der Waals surface area contributed by atoms with Gasteiger partial charge >= 0.3 is 0 Å². The number of ether oxygens (including phenoxy) is 1. The first-order valence-corrected chi connectivity index (χ1v) is 6.20. The minimum atomic E-state index is -0.212. The van der Waals surface area contributed by atoms with E-state index in [1.807, 2.05) is 19.2 Å². The van der Waals surface area contributed by atoms with Gasteiger partial charge in [-0.15, -0.1) is 10.2 Å². The Bertz CT molecular complexity index is 564. The molecule has 0 aliphatic carbocycles. The maximum atomic E-state index is 11.6. The molecule has 3 N–H and O–H groups in total. The van der Waals surface area contributed by atoms with Crippen molar-refractivity contribution in [2.45, 2.75) is 13.1 Å². The molecule has 0 saturated carbocycles. The second-order valence-corrected chi connectivity index (χ2v) is 4.27. The van der Waals surface area contributed by atoms with Crippen LogP contribution < -0.4 is 15.8 Å². The van der Waals surface area contributed by atoms with Gasteiger partial charge < -0.3 is 20.4 Å². The van der Waals surface area contributed by atoms with E-state index in [4.69, 9.17) is 10.5 Å². The van der Waals surface area contributed by atoms with Crippen LogP contribution in [0.4, 0.5) is 0 Å². The van der Waals surface area contributed by atoms with Gasteiger partial charge in [0.25, 0.3) is 5.91 Å². The first kappa shape index (κ1) is 14.0. The number of carbonyl (C=O) groups excluding carboxylic acids is 1. The van der Waals surface area contributed by atoms with Gasteiger partial charge in [0.2, 0.25) is 0 Å². The van der Waals surface area contributed by atoms with Gasteiger partial charge in [0, 0.05) is 13.6 Å². The van der Waals surface area contributed by atoms with E-state index >= 15 is 0 Å². The first-order chi connectivity index (χ1) is 9.69. The van der Waals surface area contributed by atoms with Crippen LogP contribution in [0, 0.1) is 0 Å². The normalized spacial score (nSPS) is 10.3. The molecule has 106 valence electrons. The summed E-state index contributed by atoms with van der Waals surface area (Å²) in [5.74, 6) is 1.11. The predicted octanol–water partition coefficient (Wildman–Crippen LogP) is -0.0310. The lowest BCUT2D eigenvalue weighted by Crippen LogP contribution is -2.29. The van der Waals surface area contributed by atoms with Crippen LogP contribution in [-0.4, -0.2) is 27.3 Å². The molecule has 0 aliphatic heterocycles. The lowest BCUT2D eigenvalue weighted by molar-refractivity contribution is -0.123. The van der Waals surface area contributed by atoms with Crippen molar-refractivity contribution >= 4 is 5.91 Å². The Morgan fingerprint density at radius 1 is 1.40 bits per heavy atom. The highest BCUT2D eigenvalue weighted by Crippen LogP contribution is 2.11. The van der Waals surface area contributed by atoms with Crippen molar-refractivity contribution in [3.05, 3.63) is 42.0 Å². The maximum absolute atomic E-state index is 11.6. The molecule has 0 atom stereocenters. The number of benzene rings is 1. The summed E-state index contributed by atoms with van der Waals surface area (Å²) in [7, 11) is 1.82. The lowest BCUT2D eigenvalue weighted by atomic mass is 10.2.